The third kappa shape index (κ3) is 7.95. The second-order valence-electron chi connectivity index (χ2n) is 29.6. The molecule has 0 saturated carbocycles. The number of aryl methyl sites for hydroxylation is 1. The van der Waals surface area contributed by atoms with Gasteiger partial charge < -0.3 is 14.7 Å². The fourth-order valence-corrected chi connectivity index (χ4v) is 16.2. The van der Waals surface area contributed by atoms with Crippen LogP contribution in [-0.2, 0) is 37.9 Å². The van der Waals surface area contributed by atoms with Crippen molar-refractivity contribution in [1.82, 2.24) is 0 Å². The molecule has 5 aliphatic rings. The number of fused-ring (bicyclic) bond motifs is 7. The van der Waals surface area contributed by atoms with Gasteiger partial charge in [0, 0.05) is 45.4 Å². The molecule has 8 aromatic carbocycles. The van der Waals surface area contributed by atoms with Crippen molar-refractivity contribution in [1.29, 1.82) is 0 Å². The number of anilines is 9. The summed E-state index contributed by atoms with van der Waals surface area (Å²) in [4.78, 5) is 8.00. The predicted molar refractivity (Wildman–Crippen MR) is 341 cm³/mol. The molecule has 0 atom stereocenters. The van der Waals surface area contributed by atoms with E-state index in [4.69, 9.17) is 0 Å². The second-order valence-corrected chi connectivity index (χ2v) is 29.6. The normalized spacial score (nSPS) is 19.0. The number of hydrogen-bond donors (Lipinski definition) is 0. The van der Waals surface area contributed by atoms with E-state index >= 15 is 0 Å². The number of benzene rings is 8. The van der Waals surface area contributed by atoms with Crippen LogP contribution < -0.4 is 31.1 Å². The summed E-state index contributed by atoms with van der Waals surface area (Å²) in [5.41, 5.74) is 29.1. The number of para-hydroxylation sites is 2. The van der Waals surface area contributed by atoms with Crippen LogP contribution in [0.4, 0.5) is 51.2 Å². The van der Waals surface area contributed by atoms with Gasteiger partial charge in [0.25, 0.3) is 6.71 Å². The highest BCUT2D eigenvalue weighted by molar-refractivity contribution is 7.00. The van der Waals surface area contributed by atoms with E-state index in [9.17, 15) is 0 Å². The zero-order valence-electron chi connectivity index (χ0n) is 50.3. The van der Waals surface area contributed by atoms with E-state index in [2.05, 4.69) is 283 Å². The summed E-state index contributed by atoms with van der Waals surface area (Å²) in [5.74, 6) is 0. The summed E-state index contributed by atoms with van der Waals surface area (Å²) in [6.45, 7) is 39.3. The quantitative estimate of drug-likeness (QED) is 0.154. The van der Waals surface area contributed by atoms with Gasteiger partial charge in [-0.2, -0.15) is 0 Å². The highest BCUT2D eigenvalue weighted by atomic mass is 15.2. The maximum absolute atomic E-state index is 2.77. The molecule has 0 unspecified atom stereocenters. The van der Waals surface area contributed by atoms with E-state index in [0.717, 1.165) is 42.7 Å². The van der Waals surface area contributed by atoms with Crippen LogP contribution in [0.5, 0.6) is 0 Å². The first kappa shape index (κ1) is 51.6. The molecule has 0 fully saturated rings. The molecular weight excluding hydrogens is 954 g/mol. The van der Waals surface area contributed by atoms with Gasteiger partial charge in [-0.3, -0.25) is 0 Å². The molecular formula is C75H82BN3. The van der Waals surface area contributed by atoms with Crippen LogP contribution in [0.25, 0.3) is 11.1 Å². The van der Waals surface area contributed by atoms with Crippen LogP contribution in [0, 0.1) is 6.92 Å². The third-order valence-electron chi connectivity index (χ3n) is 19.9. The average Bonchev–Trinajstić information content (AvgIpc) is 3.18. The molecule has 8 aromatic rings. The molecule has 0 spiro atoms. The van der Waals surface area contributed by atoms with Gasteiger partial charge in [-0.25, -0.2) is 0 Å². The van der Waals surface area contributed by atoms with Gasteiger partial charge in [-0.15, -0.1) is 0 Å². The topological polar surface area (TPSA) is 9.72 Å². The van der Waals surface area contributed by atoms with Crippen LogP contribution in [-0.4, -0.2) is 6.71 Å². The maximum Gasteiger partial charge on any atom is 0.252 e. The predicted octanol–water partition coefficient (Wildman–Crippen LogP) is 18.8. The number of nitrogens with zero attached hydrogens (tertiary/aromatic N) is 3. The Hall–Kier alpha value is -6.78. The van der Waals surface area contributed by atoms with Crippen molar-refractivity contribution in [2.24, 2.45) is 0 Å². The van der Waals surface area contributed by atoms with Crippen LogP contribution in [0.3, 0.4) is 0 Å². The molecule has 3 nitrogen and oxygen atoms in total. The lowest BCUT2D eigenvalue weighted by molar-refractivity contribution is 0.332. The van der Waals surface area contributed by atoms with Gasteiger partial charge in [0.05, 0.1) is 11.4 Å². The molecule has 0 radical (unpaired) electrons. The van der Waals surface area contributed by atoms with Crippen molar-refractivity contribution in [3.8, 4) is 11.1 Å². The highest BCUT2D eigenvalue weighted by Gasteiger charge is 2.51. The van der Waals surface area contributed by atoms with Crippen LogP contribution in [0.2, 0.25) is 0 Å². The second kappa shape index (κ2) is 17.1. The first-order chi connectivity index (χ1) is 37.2. The summed E-state index contributed by atoms with van der Waals surface area (Å²) < 4.78 is 0. The molecule has 0 amide bonds. The fraction of sp³-hybridized carbons (Fsp3) is 0.360. The van der Waals surface area contributed by atoms with Gasteiger partial charge in [0.1, 0.15) is 0 Å². The molecule has 4 heteroatoms. The fourth-order valence-electron chi connectivity index (χ4n) is 16.2. The Balaban J connectivity index is 1.23. The van der Waals surface area contributed by atoms with E-state index in [1.807, 2.05) is 0 Å². The lowest BCUT2D eigenvalue weighted by Crippen LogP contribution is -2.62. The Morgan fingerprint density at radius 2 is 0.797 bits per heavy atom. The summed E-state index contributed by atoms with van der Waals surface area (Å²) in [7, 11) is 0. The monoisotopic (exact) mass is 1040 g/mol. The molecule has 2 heterocycles. The highest BCUT2D eigenvalue weighted by Crippen LogP contribution is 2.58. The van der Waals surface area contributed by atoms with Crippen molar-refractivity contribution in [2.45, 2.75) is 174 Å². The first-order valence-corrected chi connectivity index (χ1v) is 29.6. The van der Waals surface area contributed by atoms with E-state index in [-0.39, 0.29) is 44.6 Å². The Labute approximate surface area is 474 Å². The molecule has 2 aliphatic heterocycles. The van der Waals surface area contributed by atoms with E-state index in [1.165, 1.54) is 106 Å². The Morgan fingerprint density at radius 1 is 0.392 bits per heavy atom. The number of rotatable bonds is 6. The van der Waals surface area contributed by atoms with E-state index < -0.39 is 0 Å². The zero-order chi connectivity index (χ0) is 55.7. The van der Waals surface area contributed by atoms with Crippen molar-refractivity contribution in [3.63, 3.8) is 0 Å². The molecule has 0 N–H and O–H groups in total. The Bertz CT molecular complexity index is 3750. The maximum atomic E-state index is 2.77. The largest absolute Gasteiger partial charge is 0.311 e. The SMILES string of the molecule is Cc1cc2c(cc1N1c3cc4c(cc3B3c5cc6c(cc5N(c5ccc(C(C)(C)C)cc5-c5ccccc5)c5cc(N(c7ccccc7)c7ccccc7)cc1c53)C(C)(C)CC6(C)C)C(C)(C)CCC4(C)C)C(C)(C)CC2(C)C. The van der Waals surface area contributed by atoms with Crippen molar-refractivity contribution in [3.05, 3.63) is 202 Å². The standard InChI is InChI=1S/C75H82BN3/c1-47-36-54-58(74(13,14)45-72(54,9)10)42-63(47)79-65-43-57-55(70(5,6)34-35-71(57,7)8)40-60(65)76-61-41-56-59(75(15,16)46-73(56,11)12)44-64(61)78(62-33-32-49(69(2,3)4)37-53(62)48-26-20-17-21-27-48)66-38-52(39-67(79)68(66)76)77(50-28-22-18-23-29-50)51-30-24-19-25-31-51/h17-33,36-44H,34-35,45-46H2,1-16H3. The molecule has 79 heavy (non-hydrogen) atoms. The molecule has 0 aromatic heterocycles. The number of hydrogen-bond acceptors (Lipinski definition) is 3. The summed E-state index contributed by atoms with van der Waals surface area (Å²) in [6.07, 6.45) is 4.51. The van der Waals surface area contributed by atoms with Gasteiger partial charge in [0.2, 0.25) is 0 Å². The van der Waals surface area contributed by atoms with Crippen molar-refractivity contribution in [2.75, 3.05) is 14.7 Å². The summed E-state index contributed by atoms with van der Waals surface area (Å²) >= 11 is 0. The summed E-state index contributed by atoms with van der Waals surface area (Å²) in [5, 5.41) is 0. The van der Waals surface area contributed by atoms with Gasteiger partial charge in [-0.1, -0.05) is 195 Å². The van der Waals surface area contributed by atoms with Crippen molar-refractivity contribution >= 4 is 74.3 Å². The van der Waals surface area contributed by atoms with Crippen LogP contribution >= 0.6 is 0 Å². The van der Waals surface area contributed by atoms with Gasteiger partial charge in [-0.05, 0) is 204 Å². The minimum Gasteiger partial charge on any atom is -0.311 e. The lowest BCUT2D eigenvalue weighted by atomic mass is 9.33. The van der Waals surface area contributed by atoms with Crippen molar-refractivity contribution < 1.29 is 0 Å². The zero-order valence-corrected chi connectivity index (χ0v) is 50.3. The summed E-state index contributed by atoms with van der Waals surface area (Å²) in [6, 6.07) is 61.9. The van der Waals surface area contributed by atoms with Crippen LogP contribution in [0.15, 0.2) is 158 Å². The Morgan fingerprint density at radius 3 is 1.28 bits per heavy atom. The molecule has 400 valence electrons. The average molecular weight is 1040 g/mol. The van der Waals surface area contributed by atoms with E-state index in [1.54, 1.807) is 0 Å². The molecule has 0 saturated heterocycles. The molecule has 13 rings (SSSR count). The Kier molecular flexibility index (Phi) is 11.2. The molecule has 3 aliphatic carbocycles. The third-order valence-corrected chi connectivity index (χ3v) is 19.9. The minimum atomic E-state index is -0.0580. The van der Waals surface area contributed by atoms with Crippen LogP contribution in [0.1, 0.15) is 174 Å². The smallest absolute Gasteiger partial charge is 0.252 e. The lowest BCUT2D eigenvalue weighted by Gasteiger charge is -2.48. The van der Waals surface area contributed by atoms with Gasteiger partial charge >= 0.3 is 0 Å². The molecule has 0 bridgehead atoms. The van der Waals surface area contributed by atoms with Gasteiger partial charge in [0.15, 0.2) is 0 Å². The first-order valence-electron chi connectivity index (χ1n) is 29.6. The van der Waals surface area contributed by atoms with E-state index in [0.29, 0.717) is 0 Å². The minimum absolute atomic E-state index is 0.00000919.